The molecule has 2 aromatic heterocycles. The number of amides is 1. The Morgan fingerprint density at radius 2 is 1.77 bits per heavy atom. The van der Waals surface area contributed by atoms with Crippen LogP contribution in [0.2, 0.25) is 0 Å². The Balaban J connectivity index is 1.60. The summed E-state index contributed by atoms with van der Waals surface area (Å²) in [6.07, 6.45) is 1.66. The maximum Gasteiger partial charge on any atom is 0.278 e. The Hall–Kier alpha value is -3.32. The first-order valence-electron chi connectivity index (χ1n) is 9.94. The van der Waals surface area contributed by atoms with Gasteiger partial charge in [-0.1, -0.05) is 40.2 Å². The lowest BCUT2D eigenvalue weighted by atomic mass is 10.1. The molecule has 1 N–H and O–H groups in total. The molecule has 0 unspecified atom stereocenters. The zero-order valence-corrected chi connectivity index (χ0v) is 18.8. The number of hydrogen-bond donors (Lipinski definition) is 1. The van der Waals surface area contributed by atoms with Gasteiger partial charge in [0.2, 0.25) is 0 Å². The summed E-state index contributed by atoms with van der Waals surface area (Å²) in [6.45, 7) is 4.32. The first kappa shape index (κ1) is 20.9. The van der Waals surface area contributed by atoms with Gasteiger partial charge in [-0.25, -0.2) is 9.97 Å². The van der Waals surface area contributed by atoms with Gasteiger partial charge in [0, 0.05) is 34.4 Å². The molecule has 0 radical (unpaired) electrons. The molecule has 4 rings (SSSR count). The van der Waals surface area contributed by atoms with E-state index in [0.717, 1.165) is 10.0 Å². The van der Waals surface area contributed by atoms with Crippen molar-refractivity contribution in [3.05, 3.63) is 92.8 Å². The number of pyridine rings is 1. The zero-order chi connectivity index (χ0) is 22.0. The molecule has 0 aliphatic carbocycles. The van der Waals surface area contributed by atoms with Gasteiger partial charge in [-0.15, -0.1) is 0 Å². The van der Waals surface area contributed by atoms with Crippen molar-refractivity contribution in [1.82, 2.24) is 19.9 Å². The van der Waals surface area contributed by atoms with Crippen molar-refractivity contribution >= 4 is 33.0 Å². The van der Waals surface area contributed by atoms with E-state index in [1.54, 1.807) is 41.1 Å². The average molecular weight is 477 g/mol. The molecule has 0 spiro atoms. The van der Waals surface area contributed by atoms with Crippen LogP contribution < -0.4 is 10.9 Å². The van der Waals surface area contributed by atoms with E-state index in [2.05, 4.69) is 31.2 Å². The van der Waals surface area contributed by atoms with Gasteiger partial charge in [0.15, 0.2) is 5.65 Å². The van der Waals surface area contributed by atoms with E-state index in [1.165, 1.54) is 0 Å². The van der Waals surface area contributed by atoms with Crippen molar-refractivity contribution in [2.24, 2.45) is 0 Å². The molecule has 2 heterocycles. The molecule has 0 saturated heterocycles. The average Bonchev–Trinajstić information content (AvgIpc) is 2.78. The predicted octanol–water partition coefficient (Wildman–Crippen LogP) is 4.73. The van der Waals surface area contributed by atoms with Crippen molar-refractivity contribution in [3.63, 3.8) is 0 Å². The predicted molar refractivity (Wildman–Crippen MR) is 125 cm³/mol. The zero-order valence-electron chi connectivity index (χ0n) is 17.2. The molecule has 7 heteroatoms. The molecule has 0 saturated carbocycles. The van der Waals surface area contributed by atoms with Crippen LogP contribution in [0.4, 0.5) is 0 Å². The molecule has 0 atom stereocenters. The van der Waals surface area contributed by atoms with E-state index < -0.39 is 0 Å². The molecule has 4 aromatic rings. The Morgan fingerprint density at radius 1 is 1.06 bits per heavy atom. The maximum atomic E-state index is 13.1. The number of fused-ring (bicyclic) bond motifs is 1. The first-order valence-corrected chi connectivity index (χ1v) is 10.7. The lowest BCUT2D eigenvalue weighted by Crippen LogP contribution is -2.26. The number of nitrogens with one attached hydrogen (secondary N) is 1. The molecule has 0 bridgehead atoms. The quantitative estimate of drug-likeness (QED) is 0.451. The van der Waals surface area contributed by atoms with Crippen LogP contribution in [0.3, 0.4) is 0 Å². The number of rotatable bonds is 5. The summed E-state index contributed by atoms with van der Waals surface area (Å²) in [5.41, 5.74) is 3.56. The van der Waals surface area contributed by atoms with Crippen LogP contribution in [0.1, 0.15) is 35.8 Å². The number of carbonyl (C=O) groups is 1. The number of hydrogen-bond acceptors (Lipinski definition) is 4. The van der Waals surface area contributed by atoms with Crippen LogP contribution in [-0.4, -0.2) is 20.4 Å². The fourth-order valence-corrected chi connectivity index (χ4v) is 3.64. The minimum absolute atomic E-state index is 0.0599. The van der Waals surface area contributed by atoms with Crippen molar-refractivity contribution in [1.29, 1.82) is 0 Å². The van der Waals surface area contributed by atoms with Crippen LogP contribution in [0.5, 0.6) is 0 Å². The molecule has 1 amide bonds. The van der Waals surface area contributed by atoms with E-state index in [9.17, 15) is 9.59 Å². The molecule has 0 aliphatic rings. The molecular weight excluding hydrogens is 456 g/mol. The highest BCUT2D eigenvalue weighted by molar-refractivity contribution is 9.10. The third-order valence-electron chi connectivity index (χ3n) is 4.95. The van der Waals surface area contributed by atoms with E-state index >= 15 is 0 Å². The van der Waals surface area contributed by atoms with Crippen molar-refractivity contribution in [3.8, 4) is 11.3 Å². The highest BCUT2D eigenvalue weighted by Gasteiger charge is 2.16. The van der Waals surface area contributed by atoms with Crippen molar-refractivity contribution in [2.45, 2.75) is 26.4 Å². The maximum absolute atomic E-state index is 13.1. The number of aromatic nitrogens is 3. The van der Waals surface area contributed by atoms with E-state index in [4.69, 9.17) is 0 Å². The van der Waals surface area contributed by atoms with Gasteiger partial charge >= 0.3 is 0 Å². The Kier molecular flexibility index (Phi) is 5.95. The summed E-state index contributed by atoms with van der Waals surface area (Å²) in [7, 11) is 0. The molecule has 6 nitrogen and oxygen atoms in total. The molecule has 0 aliphatic heterocycles. The largest absolute Gasteiger partial charge is 0.348 e. The number of halogens is 1. The minimum Gasteiger partial charge on any atom is -0.348 e. The van der Waals surface area contributed by atoms with Gasteiger partial charge in [0.1, 0.15) is 11.2 Å². The second-order valence-corrected chi connectivity index (χ2v) is 8.38. The molecule has 2 aromatic carbocycles. The first-order chi connectivity index (χ1) is 14.9. The normalized spacial score (nSPS) is 11.1. The standard InChI is InChI=1S/C24H21BrN4O2/c1-15(2)29-22-20(4-3-13-26-22)28-21(24(29)31)17-7-9-18(10-8-17)23(30)27-14-16-5-11-19(25)12-6-16/h3-13,15H,14H2,1-2H3,(H,27,30). The van der Waals surface area contributed by atoms with Gasteiger partial charge in [0.05, 0.1) is 0 Å². The van der Waals surface area contributed by atoms with Gasteiger partial charge in [-0.3, -0.25) is 14.2 Å². The molecular formula is C24H21BrN4O2. The number of nitrogens with zero attached hydrogens (tertiary/aromatic N) is 3. The highest BCUT2D eigenvalue weighted by atomic mass is 79.9. The van der Waals surface area contributed by atoms with Gasteiger partial charge in [-0.05, 0) is 55.8 Å². The van der Waals surface area contributed by atoms with E-state index in [0.29, 0.717) is 34.5 Å². The lowest BCUT2D eigenvalue weighted by Gasteiger charge is -2.14. The van der Waals surface area contributed by atoms with Crippen molar-refractivity contribution in [2.75, 3.05) is 0 Å². The second kappa shape index (κ2) is 8.81. The van der Waals surface area contributed by atoms with E-state index in [1.807, 2.05) is 44.2 Å². The van der Waals surface area contributed by atoms with Gasteiger partial charge < -0.3 is 5.32 Å². The monoisotopic (exact) mass is 476 g/mol. The van der Waals surface area contributed by atoms with Gasteiger partial charge in [-0.2, -0.15) is 0 Å². The molecule has 31 heavy (non-hydrogen) atoms. The Morgan fingerprint density at radius 3 is 2.45 bits per heavy atom. The summed E-state index contributed by atoms with van der Waals surface area (Å²) >= 11 is 3.40. The van der Waals surface area contributed by atoms with Crippen LogP contribution in [0.25, 0.3) is 22.4 Å². The summed E-state index contributed by atoms with van der Waals surface area (Å²) in [5, 5.41) is 2.91. The molecule has 0 fully saturated rings. The number of carbonyl (C=O) groups excluding carboxylic acids is 1. The molecule has 156 valence electrons. The topological polar surface area (TPSA) is 76.9 Å². The number of benzene rings is 2. The minimum atomic E-state index is -0.200. The third kappa shape index (κ3) is 4.41. The fraction of sp³-hybridized carbons (Fsp3) is 0.167. The summed E-state index contributed by atoms with van der Waals surface area (Å²) < 4.78 is 2.64. The Labute approximate surface area is 188 Å². The third-order valence-corrected chi connectivity index (χ3v) is 5.48. The van der Waals surface area contributed by atoms with Gasteiger partial charge in [0.25, 0.3) is 11.5 Å². The van der Waals surface area contributed by atoms with Crippen LogP contribution >= 0.6 is 15.9 Å². The van der Waals surface area contributed by atoms with E-state index in [-0.39, 0.29) is 17.5 Å². The van der Waals surface area contributed by atoms with Crippen LogP contribution in [0, 0.1) is 0 Å². The Bertz CT molecular complexity index is 1300. The second-order valence-electron chi connectivity index (χ2n) is 7.46. The highest BCUT2D eigenvalue weighted by Crippen LogP contribution is 2.19. The fourth-order valence-electron chi connectivity index (χ4n) is 3.37. The lowest BCUT2D eigenvalue weighted by molar-refractivity contribution is 0.0951. The van der Waals surface area contributed by atoms with Crippen LogP contribution in [0.15, 0.2) is 76.1 Å². The smallest absolute Gasteiger partial charge is 0.278 e. The summed E-state index contributed by atoms with van der Waals surface area (Å²) in [4.78, 5) is 34.5. The summed E-state index contributed by atoms with van der Waals surface area (Å²) in [5.74, 6) is -0.176. The summed E-state index contributed by atoms with van der Waals surface area (Å²) in [6, 6.07) is 18.3. The van der Waals surface area contributed by atoms with Crippen molar-refractivity contribution < 1.29 is 4.79 Å². The van der Waals surface area contributed by atoms with Crippen LogP contribution in [-0.2, 0) is 6.54 Å². The SMILES string of the molecule is CC(C)n1c(=O)c(-c2ccc(C(=O)NCc3ccc(Br)cc3)cc2)nc2cccnc21.